The van der Waals surface area contributed by atoms with E-state index in [-0.39, 0.29) is 0 Å². The van der Waals surface area contributed by atoms with Crippen LogP contribution in [0.4, 0.5) is 5.82 Å². The summed E-state index contributed by atoms with van der Waals surface area (Å²) in [5.41, 5.74) is 1.10. The first-order chi connectivity index (χ1) is 9.72. The fourth-order valence-corrected chi connectivity index (χ4v) is 1.76. The summed E-state index contributed by atoms with van der Waals surface area (Å²) in [4.78, 5) is 4.08. The minimum Gasteiger partial charge on any atom is -0.497 e. The molecule has 0 saturated heterocycles. The van der Waals surface area contributed by atoms with Gasteiger partial charge in [0.25, 0.3) is 0 Å². The summed E-state index contributed by atoms with van der Waals surface area (Å²) >= 11 is 0. The smallest absolute Gasteiger partial charge is 0.142 e. The molecule has 0 aliphatic heterocycles. The van der Waals surface area contributed by atoms with Crippen molar-refractivity contribution in [3.05, 3.63) is 53.7 Å². The summed E-state index contributed by atoms with van der Waals surface area (Å²) in [6.07, 6.45) is -0.683. The van der Waals surface area contributed by atoms with Gasteiger partial charge in [-0.05, 0) is 29.8 Å². The normalized spacial score (nSPS) is 11.4. The number of nitrogens with one attached hydrogen (secondary N) is 1. The van der Waals surface area contributed by atoms with Crippen molar-refractivity contribution in [3.8, 4) is 11.8 Å². The standard InChI is InChI=1S/C15H15N3O2/c1-20-13-6-2-4-11(8-13)14(19)10-17-15-7-3-5-12(9-16)18-15/h2-8,14,19H,10H2,1H3,(H,17,18). The van der Waals surface area contributed by atoms with E-state index in [1.54, 1.807) is 31.4 Å². The maximum absolute atomic E-state index is 10.1. The van der Waals surface area contributed by atoms with Gasteiger partial charge in [-0.1, -0.05) is 18.2 Å². The van der Waals surface area contributed by atoms with Gasteiger partial charge >= 0.3 is 0 Å². The monoisotopic (exact) mass is 269 g/mol. The van der Waals surface area contributed by atoms with Crippen LogP contribution < -0.4 is 10.1 Å². The summed E-state index contributed by atoms with van der Waals surface area (Å²) in [6.45, 7) is 0.301. The number of anilines is 1. The van der Waals surface area contributed by atoms with Gasteiger partial charge in [-0.3, -0.25) is 0 Å². The molecule has 0 fully saturated rings. The Labute approximate surface area is 117 Å². The highest BCUT2D eigenvalue weighted by Crippen LogP contribution is 2.19. The van der Waals surface area contributed by atoms with Crippen molar-refractivity contribution >= 4 is 5.82 Å². The quantitative estimate of drug-likeness (QED) is 0.869. The van der Waals surface area contributed by atoms with Crippen molar-refractivity contribution in [1.82, 2.24) is 4.98 Å². The number of rotatable bonds is 5. The van der Waals surface area contributed by atoms with Gasteiger partial charge in [0.2, 0.25) is 0 Å². The number of hydrogen-bond acceptors (Lipinski definition) is 5. The number of aliphatic hydroxyl groups excluding tert-OH is 1. The Balaban J connectivity index is 2.00. The molecule has 1 aromatic heterocycles. The second-order valence-corrected chi connectivity index (χ2v) is 4.19. The van der Waals surface area contributed by atoms with Crippen LogP contribution in [-0.2, 0) is 0 Å². The van der Waals surface area contributed by atoms with Crippen LogP contribution in [0.1, 0.15) is 17.4 Å². The van der Waals surface area contributed by atoms with Crippen molar-refractivity contribution in [1.29, 1.82) is 5.26 Å². The Bertz CT molecular complexity index is 623. The Hall–Kier alpha value is -2.58. The van der Waals surface area contributed by atoms with Crippen LogP contribution in [0.2, 0.25) is 0 Å². The highest BCUT2D eigenvalue weighted by molar-refractivity contribution is 5.39. The van der Waals surface area contributed by atoms with Gasteiger partial charge in [0.1, 0.15) is 23.3 Å². The summed E-state index contributed by atoms with van der Waals surface area (Å²) in [5.74, 6) is 1.26. The molecule has 1 atom stereocenters. The first-order valence-electron chi connectivity index (χ1n) is 6.16. The minimum absolute atomic E-state index is 0.301. The van der Waals surface area contributed by atoms with Crippen molar-refractivity contribution in [3.63, 3.8) is 0 Å². The lowest BCUT2D eigenvalue weighted by atomic mass is 10.1. The molecule has 5 nitrogen and oxygen atoms in total. The minimum atomic E-state index is -0.683. The van der Waals surface area contributed by atoms with Crippen LogP contribution in [0.15, 0.2) is 42.5 Å². The second kappa shape index (κ2) is 6.55. The highest BCUT2D eigenvalue weighted by atomic mass is 16.5. The molecule has 1 unspecified atom stereocenters. The van der Waals surface area contributed by atoms with Crippen LogP contribution >= 0.6 is 0 Å². The summed E-state index contributed by atoms with van der Waals surface area (Å²) in [5, 5.41) is 21.9. The molecule has 2 N–H and O–H groups in total. The fourth-order valence-electron chi connectivity index (χ4n) is 1.76. The second-order valence-electron chi connectivity index (χ2n) is 4.19. The zero-order valence-electron chi connectivity index (χ0n) is 11.1. The first-order valence-corrected chi connectivity index (χ1v) is 6.16. The van der Waals surface area contributed by atoms with Crippen molar-refractivity contribution < 1.29 is 9.84 Å². The number of benzene rings is 1. The number of aromatic nitrogens is 1. The van der Waals surface area contributed by atoms with Crippen molar-refractivity contribution in [2.75, 3.05) is 19.0 Å². The molecule has 2 rings (SSSR count). The maximum Gasteiger partial charge on any atom is 0.142 e. The lowest BCUT2D eigenvalue weighted by molar-refractivity contribution is 0.191. The van der Waals surface area contributed by atoms with E-state index in [1.165, 1.54) is 0 Å². The topological polar surface area (TPSA) is 78.2 Å². The molecule has 0 aliphatic carbocycles. The lowest BCUT2D eigenvalue weighted by Gasteiger charge is -2.13. The summed E-state index contributed by atoms with van der Waals surface area (Å²) in [7, 11) is 1.58. The van der Waals surface area contributed by atoms with E-state index < -0.39 is 6.10 Å². The van der Waals surface area contributed by atoms with Gasteiger partial charge in [-0.15, -0.1) is 0 Å². The fraction of sp³-hybridized carbons (Fsp3) is 0.200. The molecular formula is C15H15N3O2. The molecule has 20 heavy (non-hydrogen) atoms. The van der Waals surface area contributed by atoms with Crippen LogP contribution in [0.3, 0.4) is 0 Å². The molecule has 102 valence electrons. The van der Waals surface area contributed by atoms with Crippen molar-refractivity contribution in [2.24, 2.45) is 0 Å². The van der Waals surface area contributed by atoms with Gasteiger partial charge in [0.05, 0.1) is 13.2 Å². The molecular weight excluding hydrogens is 254 g/mol. The summed E-state index contributed by atoms with van der Waals surface area (Å²) in [6, 6.07) is 14.3. The number of aliphatic hydroxyl groups is 1. The molecule has 5 heteroatoms. The van der Waals surface area contributed by atoms with Gasteiger partial charge in [0.15, 0.2) is 0 Å². The van der Waals surface area contributed by atoms with Gasteiger partial charge in [0, 0.05) is 6.54 Å². The van der Waals surface area contributed by atoms with Crippen molar-refractivity contribution in [2.45, 2.75) is 6.10 Å². The molecule has 0 amide bonds. The molecule has 0 aliphatic rings. The first kappa shape index (κ1) is 13.8. The maximum atomic E-state index is 10.1. The third-order valence-electron chi connectivity index (χ3n) is 2.82. The Morgan fingerprint density at radius 1 is 1.35 bits per heavy atom. The molecule has 1 heterocycles. The van der Waals surface area contributed by atoms with Crippen LogP contribution in [0.5, 0.6) is 5.75 Å². The third-order valence-corrected chi connectivity index (χ3v) is 2.82. The largest absolute Gasteiger partial charge is 0.497 e. The van der Waals surface area contributed by atoms with Gasteiger partial charge in [-0.25, -0.2) is 4.98 Å². The molecule has 0 spiro atoms. The number of nitrogens with zero attached hydrogens (tertiary/aromatic N) is 2. The Morgan fingerprint density at radius 2 is 2.15 bits per heavy atom. The van der Waals surface area contributed by atoms with Crippen LogP contribution in [0, 0.1) is 11.3 Å². The van der Waals surface area contributed by atoms with Gasteiger partial charge < -0.3 is 15.2 Å². The average molecular weight is 269 g/mol. The zero-order chi connectivity index (χ0) is 14.4. The number of methoxy groups -OCH3 is 1. The van der Waals surface area contributed by atoms with Gasteiger partial charge in [-0.2, -0.15) is 5.26 Å². The van der Waals surface area contributed by atoms with E-state index >= 15 is 0 Å². The summed E-state index contributed by atoms with van der Waals surface area (Å²) < 4.78 is 5.12. The van der Waals surface area contributed by atoms with E-state index in [2.05, 4.69) is 10.3 Å². The van der Waals surface area contributed by atoms with E-state index in [1.807, 2.05) is 24.3 Å². The number of hydrogen-bond donors (Lipinski definition) is 2. The molecule has 0 saturated carbocycles. The van der Waals surface area contributed by atoms with E-state index in [4.69, 9.17) is 10.00 Å². The molecule has 0 radical (unpaired) electrons. The molecule has 0 bridgehead atoms. The Kier molecular flexibility index (Phi) is 4.53. The average Bonchev–Trinajstić information content (AvgIpc) is 2.52. The predicted octanol–water partition coefficient (Wildman–Crippen LogP) is 2.11. The third kappa shape index (κ3) is 3.46. The van der Waals surface area contributed by atoms with Crippen LogP contribution in [-0.4, -0.2) is 23.7 Å². The van der Waals surface area contributed by atoms with Crippen LogP contribution in [0.25, 0.3) is 0 Å². The van der Waals surface area contributed by atoms with E-state index in [0.29, 0.717) is 23.8 Å². The number of ether oxygens (including phenoxy) is 1. The van der Waals surface area contributed by atoms with E-state index in [0.717, 1.165) is 5.56 Å². The molecule has 1 aromatic carbocycles. The zero-order valence-corrected chi connectivity index (χ0v) is 11.1. The lowest BCUT2D eigenvalue weighted by Crippen LogP contribution is -2.13. The Morgan fingerprint density at radius 3 is 2.90 bits per heavy atom. The number of nitriles is 1. The SMILES string of the molecule is COc1cccc(C(O)CNc2cccc(C#N)n2)c1. The molecule has 2 aromatic rings. The number of pyridine rings is 1. The predicted molar refractivity (Wildman–Crippen MR) is 75.4 cm³/mol. The highest BCUT2D eigenvalue weighted by Gasteiger charge is 2.08. The van der Waals surface area contributed by atoms with E-state index in [9.17, 15) is 5.11 Å².